The van der Waals surface area contributed by atoms with Gasteiger partial charge in [0.15, 0.2) is 0 Å². The molecule has 1 rings (SSSR count). The van der Waals surface area contributed by atoms with Gasteiger partial charge >= 0.3 is 0 Å². The van der Waals surface area contributed by atoms with Gasteiger partial charge in [0.2, 0.25) is 5.91 Å². The van der Waals surface area contributed by atoms with Crippen molar-refractivity contribution in [3.63, 3.8) is 0 Å². The second-order valence-electron chi connectivity index (χ2n) is 5.68. The van der Waals surface area contributed by atoms with Crippen molar-refractivity contribution in [3.8, 4) is 0 Å². The third kappa shape index (κ3) is 4.55. The molecule has 1 amide bonds. The predicted octanol–water partition coefficient (Wildman–Crippen LogP) is -0.278. The highest BCUT2D eigenvalue weighted by Gasteiger charge is 2.25. The van der Waals surface area contributed by atoms with Crippen LogP contribution in [-0.2, 0) is 4.79 Å². The number of nitrogens with two attached hydrogens (primary N) is 1. The van der Waals surface area contributed by atoms with Crippen LogP contribution in [0.2, 0.25) is 0 Å². The zero-order chi connectivity index (χ0) is 13.7. The number of nitrogens with one attached hydrogen (secondary N) is 1. The van der Waals surface area contributed by atoms with Gasteiger partial charge in [-0.3, -0.25) is 9.69 Å². The normalized spacial score (nSPS) is 21.9. The van der Waals surface area contributed by atoms with Gasteiger partial charge in [0.05, 0.1) is 6.04 Å². The number of amides is 1. The van der Waals surface area contributed by atoms with E-state index in [1.54, 1.807) is 6.92 Å². The average Bonchev–Trinajstić information content (AvgIpc) is 2.30. The van der Waals surface area contributed by atoms with E-state index >= 15 is 0 Å². The molecule has 18 heavy (non-hydrogen) atoms. The fraction of sp³-hybridized carbons (Fsp3) is 0.923. The Hall–Kier alpha value is -0.650. The van der Waals surface area contributed by atoms with E-state index in [9.17, 15) is 4.79 Å². The number of nitrogens with zero attached hydrogens (tertiary/aromatic N) is 2. The zero-order valence-electron chi connectivity index (χ0n) is 12.1. The first-order valence-electron chi connectivity index (χ1n) is 6.87. The summed E-state index contributed by atoms with van der Waals surface area (Å²) in [4.78, 5) is 16.4. The quantitative estimate of drug-likeness (QED) is 0.710. The monoisotopic (exact) mass is 256 g/mol. The molecule has 0 aromatic heterocycles. The molecule has 2 atom stereocenters. The first-order chi connectivity index (χ1) is 8.41. The van der Waals surface area contributed by atoms with Crippen molar-refractivity contribution < 1.29 is 4.79 Å². The number of carbonyl (C=O) groups excluding carboxylic acids is 1. The Morgan fingerprint density at radius 2 is 1.78 bits per heavy atom. The molecule has 3 N–H and O–H groups in total. The number of hydrogen-bond acceptors (Lipinski definition) is 4. The maximum absolute atomic E-state index is 11.5. The fourth-order valence-corrected chi connectivity index (χ4v) is 2.31. The number of carbonyl (C=O) groups is 1. The van der Waals surface area contributed by atoms with Crippen LogP contribution in [0, 0.1) is 5.92 Å². The molecule has 1 heterocycles. The van der Waals surface area contributed by atoms with Gasteiger partial charge in [-0.2, -0.15) is 0 Å². The van der Waals surface area contributed by atoms with E-state index in [-0.39, 0.29) is 5.91 Å². The van der Waals surface area contributed by atoms with E-state index in [4.69, 9.17) is 5.73 Å². The lowest BCUT2D eigenvalue weighted by atomic mass is 10.0. The van der Waals surface area contributed by atoms with Crippen LogP contribution < -0.4 is 11.1 Å². The smallest absolute Gasteiger partial charge is 0.236 e. The molecular formula is C13H28N4O. The Bertz CT molecular complexity index is 260. The fourth-order valence-electron chi connectivity index (χ4n) is 2.31. The summed E-state index contributed by atoms with van der Waals surface area (Å²) in [5, 5.41) is 2.95. The summed E-state index contributed by atoms with van der Waals surface area (Å²) < 4.78 is 0. The number of piperazine rings is 1. The average molecular weight is 256 g/mol. The van der Waals surface area contributed by atoms with Gasteiger partial charge in [-0.25, -0.2) is 0 Å². The molecule has 1 aliphatic heterocycles. The standard InChI is InChI=1S/C13H28N4O/c1-10(2)12(9-15-13(18)11(3)14)17-7-5-16(4)6-8-17/h10-12H,5-9,14H2,1-4H3,(H,15,18)/t11-,12?/m1/s1. The van der Waals surface area contributed by atoms with Crippen molar-refractivity contribution in [2.75, 3.05) is 39.8 Å². The summed E-state index contributed by atoms with van der Waals surface area (Å²) in [7, 11) is 2.15. The molecule has 0 saturated carbocycles. The van der Waals surface area contributed by atoms with Crippen molar-refractivity contribution in [1.82, 2.24) is 15.1 Å². The molecule has 0 spiro atoms. The molecule has 5 nitrogen and oxygen atoms in total. The van der Waals surface area contributed by atoms with E-state index in [0.29, 0.717) is 18.5 Å². The lowest BCUT2D eigenvalue weighted by molar-refractivity contribution is -0.122. The summed E-state index contributed by atoms with van der Waals surface area (Å²) >= 11 is 0. The van der Waals surface area contributed by atoms with Crippen LogP contribution in [0.15, 0.2) is 0 Å². The van der Waals surface area contributed by atoms with Gasteiger partial charge in [0, 0.05) is 38.8 Å². The van der Waals surface area contributed by atoms with Gasteiger partial charge in [-0.05, 0) is 19.9 Å². The topological polar surface area (TPSA) is 61.6 Å². The zero-order valence-corrected chi connectivity index (χ0v) is 12.1. The second kappa shape index (κ2) is 7.07. The number of rotatable bonds is 5. The van der Waals surface area contributed by atoms with Gasteiger partial charge in [-0.15, -0.1) is 0 Å². The van der Waals surface area contributed by atoms with Crippen molar-refractivity contribution >= 4 is 5.91 Å². The third-order valence-corrected chi connectivity index (χ3v) is 3.68. The van der Waals surface area contributed by atoms with E-state index in [0.717, 1.165) is 26.2 Å². The van der Waals surface area contributed by atoms with Crippen LogP contribution in [0.1, 0.15) is 20.8 Å². The van der Waals surface area contributed by atoms with E-state index < -0.39 is 6.04 Å². The molecule has 106 valence electrons. The Morgan fingerprint density at radius 3 is 2.22 bits per heavy atom. The minimum Gasteiger partial charge on any atom is -0.353 e. The SMILES string of the molecule is CC(C)C(CNC(=O)[C@@H](C)N)N1CCN(C)CC1. The van der Waals surface area contributed by atoms with Gasteiger partial charge in [0.25, 0.3) is 0 Å². The molecule has 1 aliphatic rings. The summed E-state index contributed by atoms with van der Waals surface area (Å²) in [6, 6.07) is -0.0216. The van der Waals surface area contributed by atoms with Crippen LogP contribution in [0.5, 0.6) is 0 Å². The molecule has 0 bridgehead atoms. The molecular weight excluding hydrogens is 228 g/mol. The van der Waals surface area contributed by atoms with Crippen LogP contribution in [0.3, 0.4) is 0 Å². The lowest BCUT2D eigenvalue weighted by Crippen LogP contribution is -2.55. The van der Waals surface area contributed by atoms with Crippen molar-refractivity contribution in [2.45, 2.75) is 32.9 Å². The summed E-state index contributed by atoms with van der Waals surface area (Å²) in [6.45, 7) is 11.2. The van der Waals surface area contributed by atoms with Gasteiger partial charge in [0.1, 0.15) is 0 Å². The first-order valence-corrected chi connectivity index (χ1v) is 6.87. The highest BCUT2D eigenvalue weighted by Crippen LogP contribution is 2.12. The number of hydrogen-bond donors (Lipinski definition) is 2. The van der Waals surface area contributed by atoms with Gasteiger partial charge in [-0.1, -0.05) is 13.8 Å². The van der Waals surface area contributed by atoms with Crippen LogP contribution in [-0.4, -0.2) is 67.6 Å². The molecule has 5 heteroatoms. The Labute approximate surface area is 111 Å². The Morgan fingerprint density at radius 1 is 1.22 bits per heavy atom. The third-order valence-electron chi connectivity index (χ3n) is 3.68. The first kappa shape index (κ1) is 15.4. The molecule has 1 saturated heterocycles. The predicted molar refractivity (Wildman–Crippen MR) is 74.4 cm³/mol. The van der Waals surface area contributed by atoms with E-state index in [2.05, 4.69) is 36.0 Å². The minimum absolute atomic E-state index is 0.0604. The van der Waals surface area contributed by atoms with Crippen molar-refractivity contribution in [3.05, 3.63) is 0 Å². The maximum Gasteiger partial charge on any atom is 0.236 e. The van der Waals surface area contributed by atoms with Crippen LogP contribution >= 0.6 is 0 Å². The minimum atomic E-state index is -0.426. The second-order valence-corrected chi connectivity index (χ2v) is 5.68. The Kier molecular flexibility index (Phi) is 6.05. The van der Waals surface area contributed by atoms with E-state index in [1.165, 1.54) is 0 Å². The van der Waals surface area contributed by atoms with E-state index in [1.807, 2.05) is 0 Å². The van der Waals surface area contributed by atoms with Crippen LogP contribution in [0.4, 0.5) is 0 Å². The summed E-state index contributed by atoms with van der Waals surface area (Å²) in [5.41, 5.74) is 5.56. The molecule has 1 fully saturated rings. The highest BCUT2D eigenvalue weighted by atomic mass is 16.2. The lowest BCUT2D eigenvalue weighted by Gasteiger charge is -2.40. The molecule has 0 aromatic rings. The van der Waals surface area contributed by atoms with Crippen LogP contribution in [0.25, 0.3) is 0 Å². The molecule has 0 aliphatic carbocycles. The summed E-state index contributed by atoms with van der Waals surface area (Å²) in [5.74, 6) is 0.469. The summed E-state index contributed by atoms with van der Waals surface area (Å²) in [6.07, 6.45) is 0. The van der Waals surface area contributed by atoms with Crippen molar-refractivity contribution in [2.24, 2.45) is 11.7 Å². The molecule has 0 radical (unpaired) electrons. The molecule has 0 aromatic carbocycles. The maximum atomic E-state index is 11.5. The molecule has 1 unspecified atom stereocenters. The van der Waals surface area contributed by atoms with Gasteiger partial charge < -0.3 is 16.0 Å². The highest BCUT2D eigenvalue weighted by molar-refractivity contribution is 5.80. The number of likely N-dealkylation sites (N-methyl/N-ethyl adjacent to an activating group) is 1. The largest absolute Gasteiger partial charge is 0.353 e. The Balaban J connectivity index is 2.47. The van der Waals surface area contributed by atoms with Crippen molar-refractivity contribution in [1.29, 1.82) is 0 Å².